The Morgan fingerprint density at radius 1 is 1.36 bits per heavy atom. The number of ketones is 1. The average Bonchev–Trinajstić information content (AvgIpc) is 2.50. The van der Waals surface area contributed by atoms with Crippen molar-refractivity contribution in [3.05, 3.63) is 0 Å². The summed E-state index contributed by atoms with van der Waals surface area (Å²) in [6, 6.07) is 0. The summed E-state index contributed by atoms with van der Waals surface area (Å²) in [6.07, 6.45) is 7.26. The van der Waals surface area contributed by atoms with E-state index in [0.717, 1.165) is 25.7 Å². The summed E-state index contributed by atoms with van der Waals surface area (Å²) in [7, 11) is 0. The minimum Gasteiger partial charge on any atom is -0.396 e. The fourth-order valence-corrected chi connectivity index (χ4v) is 2.50. The van der Waals surface area contributed by atoms with Crippen LogP contribution in [-0.4, -0.2) is 17.5 Å². The third kappa shape index (κ3) is 3.09. The monoisotopic (exact) mass is 198 g/mol. The predicted molar refractivity (Wildman–Crippen MR) is 57.1 cm³/mol. The van der Waals surface area contributed by atoms with E-state index in [-0.39, 0.29) is 12.5 Å². The molecule has 2 heteroatoms. The molecule has 2 nitrogen and oxygen atoms in total. The maximum atomic E-state index is 11.6. The molecule has 0 saturated heterocycles. The molecule has 2 unspecified atom stereocenters. The molecule has 0 heterocycles. The third-order valence-electron chi connectivity index (χ3n) is 3.36. The second-order valence-electron chi connectivity index (χ2n) is 4.38. The predicted octanol–water partition coefficient (Wildman–Crippen LogP) is 2.54. The van der Waals surface area contributed by atoms with Crippen LogP contribution in [-0.2, 0) is 4.79 Å². The van der Waals surface area contributed by atoms with Crippen LogP contribution in [0.1, 0.15) is 51.9 Å². The maximum Gasteiger partial charge on any atom is 0.136 e. The number of rotatable bonds is 6. The topological polar surface area (TPSA) is 37.3 Å². The van der Waals surface area contributed by atoms with Gasteiger partial charge in [0.05, 0.1) is 0 Å². The summed E-state index contributed by atoms with van der Waals surface area (Å²) < 4.78 is 0. The minimum atomic E-state index is 0.238. The third-order valence-corrected chi connectivity index (χ3v) is 3.36. The van der Waals surface area contributed by atoms with Crippen LogP contribution in [0, 0.1) is 11.8 Å². The Labute approximate surface area is 86.7 Å². The van der Waals surface area contributed by atoms with Crippen LogP contribution < -0.4 is 0 Å². The van der Waals surface area contributed by atoms with Crippen molar-refractivity contribution >= 4 is 5.78 Å². The Kier molecular flexibility index (Phi) is 5.16. The molecular weight excluding hydrogens is 176 g/mol. The highest BCUT2D eigenvalue weighted by Gasteiger charge is 2.33. The van der Waals surface area contributed by atoms with E-state index in [1.54, 1.807) is 0 Å². The Hall–Kier alpha value is -0.370. The van der Waals surface area contributed by atoms with Gasteiger partial charge in [0.2, 0.25) is 0 Å². The van der Waals surface area contributed by atoms with Crippen molar-refractivity contribution in [2.45, 2.75) is 51.9 Å². The Balaban J connectivity index is 2.33. The molecule has 0 spiro atoms. The first-order valence-electron chi connectivity index (χ1n) is 5.93. The molecule has 1 fully saturated rings. The Morgan fingerprint density at radius 3 is 2.79 bits per heavy atom. The fraction of sp³-hybridized carbons (Fsp3) is 0.917. The van der Waals surface area contributed by atoms with Crippen LogP contribution in [0.5, 0.6) is 0 Å². The van der Waals surface area contributed by atoms with Gasteiger partial charge in [0.25, 0.3) is 0 Å². The molecule has 0 aliphatic heterocycles. The van der Waals surface area contributed by atoms with E-state index in [4.69, 9.17) is 5.11 Å². The van der Waals surface area contributed by atoms with Crippen LogP contribution in [0.25, 0.3) is 0 Å². The van der Waals surface area contributed by atoms with E-state index in [1.807, 2.05) is 0 Å². The number of hydrogen-bond donors (Lipinski definition) is 1. The first-order valence-corrected chi connectivity index (χ1v) is 5.93. The maximum absolute atomic E-state index is 11.6. The van der Waals surface area contributed by atoms with E-state index >= 15 is 0 Å². The largest absolute Gasteiger partial charge is 0.396 e. The molecule has 82 valence electrons. The van der Waals surface area contributed by atoms with Crippen LogP contribution in [0.15, 0.2) is 0 Å². The second-order valence-corrected chi connectivity index (χ2v) is 4.38. The van der Waals surface area contributed by atoms with Gasteiger partial charge in [-0.25, -0.2) is 0 Å². The number of Topliss-reactive ketones (excluding diaryl/α,β-unsaturated/α-hetero) is 1. The minimum absolute atomic E-state index is 0.238. The molecule has 1 aliphatic rings. The van der Waals surface area contributed by atoms with E-state index in [0.29, 0.717) is 11.7 Å². The molecule has 0 aromatic carbocycles. The van der Waals surface area contributed by atoms with Crippen LogP contribution in [0.3, 0.4) is 0 Å². The van der Waals surface area contributed by atoms with Gasteiger partial charge in [-0.3, -0.25) is 4.79 Å². The number of carbonyl (C=O) groups is 1. The molecule has 0 bridgehead atoms. The molecule has 0 aromatic heterocycles. The highest BCUT2D eigenvalue weighted by atomic mass is 16.3. The van der Waals surface area contributed by atoms with Gasteiger partial charge in [0.1, 0.15) is 5.78 Å². The van der Waals surface area contributed by atoms with Crippen molar-refractivity contribution in [1.82, 2.24) is 0 Å². The normalized spacial score (nSPS) is 27.1. The number of aliphatic hydroxyl groups is 1. The van der Waals surface area contributed by atoms with Gasteiger partial charge in [0.15, 0.2) is 0 Å². The molecule has 1 saturated carbocycles. The standard InChI is InChI=1S/C12H22O2/c1-2-3-4-5-11-10(8-9-13)6-7-12(11)14/h10-11,13H,2-9H2,1H3. The van der Waals surface area contributed by atoms with Crippen LogP contribution in [0.4, 0.5) is 0 Å². The van der Waals surface area contributed by atoms with Crippen molar-refractivity contribution in [3.63, 3.8) is 0 Å². The lowest BCUT2D eigenvalue weighted by Crippen LogP contribution is -2.15. The Bertz CT molecular complexity index is 177. The summed E-state index contributed by atoms with van der Waals surface area (Å²) in [5.41, 5.74) is 0. The number of aliphatic hydroxyl groups excluding tert-OH is 1. The molecular formula is C12H22O2. The van der Waals surface area contributed by atoms with Gasteiger partial charge in [-0.1, -0.05) is 26.2 Å². The van der Waals surface area contributed by atoms with Crippen molar-refractivity contribution in [2.24, 2.45) is 11.8 Å². The lowest BCUT2D eigenvalue weighted by Gasteiger charge is -2.16. The SMILES string of the molecule is CCCCCC1C(=O)CCC1CCO. The zero-order valence-corrected chi connectivity index (χ0v) is 9.17. The summed E-state index contributed by atoms with van der Waals surface area (Å²) >= 11 is 0. The van der Waals surface area contributed by atoms with Gasteiger partial charge >= 0.3 is 0 Å². The summed E-state index contributed by atoms with van der Waals surface area (Å²) in [4.78, 5) is 11.6. The molecule has 1 rings (SSSR count). The summed E-state index contributed by atoms with van der Waals surface area (Å²) in [6.45, 7) is 2.42. The smallest absolute Gasteiger partial charge is 0.136 e. The highest BCUT2D eigenvalue weighted by Crippen LogP contribution is 2.34. The van der Waals surface area contributed by atoms with Gasteiger partial charge in [0, 0.05) is 18.9 Å². The van der Waals surface area contributed by atoms with Crippen molar-refractivity contribution in [3.8, 4) is 0 Å². The van der Waals surface area contributed by atoms with Crippen LogP contribution in [0.2, 0.25) is 0 Å². The van der Waals surface area contributed by atoms with E-state index in [1.165, 1.54) is 19.3 Å². The van der Waals surface area contributed by atoms with Crippen LogP contribution >= 0.6 is 0 Å². The fourth-order valence-electron chi connectivity index (χ4n) is 2.50. The summed E-state index contributed by atoms with van der Waals surface area (Å²) in [5.74, 6) is 1.19. The molecule has 14 heavy (non-hydrogen) atoms. The zero-order valence-electron chi connectivity index (χ0n) is 9.17. The summed E-state index contributed by atoms with van der Waals surface area (Å²) in [5, 5.41) is 8.89. The molecule has 1 N–H and O–H groups in total. The van der Waals surface area contributed by atoms with Gasteiger partial charge < -0.3 is 5.11 Å². The molecule has 2 atom stereocenters. The van der Waals surface area contributed by atoms with E-state index in [9.17, 15) is 4.79 Å². The average molecular weight is 198 g/mol. The van der Waals surface area contributed by atoms with Crippen molar-refractivity contribution in [1.29, 1.82) is 0 Å². The van der Waals surface area contributed by atoms with E-state index < -0.39 is 0 Å². The Morgan fingerprint density at radius 2 is 2.14 bits per heavy atom. The van der Waals surface area contributed by atoms with Gasteiger partial charge in [-0.05, 0) is 25.2 Å². The van der Waals surface area contributed by atoms with Crippen molar-refractivity contribution in [2.75, 3.05) is 6.61 Å². The van der Waals surface area contributed by atoms with Crippen molar-refractivity contribution < 1.29 is 9.90 Å². The quantitative estimate of drug-likeness (QED) is 0.666. The number of unbranched alkanes of at least 4 members (excludes halogenated alkanes) is 2. The first-order chi connectivity index (χ1) is 6.79. The first kappa shape index (κ1) is 11.7. The number of hydrogen-bond acceptors (Lipinski definition) is 2. The van der Waals surface area contributed by atoms with Gasteiger partial charge in [-0.2, -0.15) is 0 Å². The zero-order chi connectivity index (χ0) is 10.4. The van der Waals surface area contributed by atoms with Gasteiger partial charge in [-0.15, -0.1) is 0 Å². The lowest BCUT2D eigenvalue weighted by molar-refractivity contribution is -0.121. The molecule has 1 aliphatic carbocycles. The highest BCUT2D eigenvalue weighted by molar-refractivity contribution is 5.83. The lowest BCUT2D eigenvalue weighted by atomic mass is 9.88. The second kappa shape index (κ2) is 6.18. The van der Waals surface area contributed by atoms with E-state index in [2.05, 4.69) is 6.92 Å². The molecule has 0 amide bonds. The molecule has 0 radical (unpaired) electrons. The molecule has 0 aromatic rings. The number of carbonyl (C=O) groups excluding carboxylic acids is 1.